The highest BCUT2D eigenvalue weighted by atomic mass is 16.5. The number of aliphatic carboxylic acids is 1. The van der Waals surface area contributed by atoms with Gasteiger partial charge in [0, 0.05) is 5.92 Å². The van der Waals surface area contributed by atoms with E-state index in [-0.39, 0.29) is 5.92 Å². The van der Waals surface area contributed by atoms with Crippen molar-refractivity contribution in [3.63, 3.8) is 0 Å². The lowest BCUT2D eigenvalue weighted by Crippen LogP contribution is -2.37. The zero-order valence-corrected chi connectivity index (χ0v) is 19.7. The van der Waals surface area contributed by atoms with Crippen LogP contribution in [0.2, 0.25) is 0 Å². The van der Waals surface area contributed by atoms with E-state index in [0.717, 1.165) is 11.3 Å². The van der Waals surface area contributed by atoms with Gasteiger partial charge in [0.2, 0.25) is 0 Å². The molecule has 1 atom stereocenters. The molecule has 172 valence electrons. The predicted octanol–water partition coefficient (Wildman–Crippen LogP) is 6.96. The summed E-state index contributed by atoms with van der Waals surface area (Å²) in [5.74, 6) is 0.879. The smallest absolute Gasteiger partial charge is 0.347 e. The Kier molecular flexibility index (Phi) is 7.94. The quantitative estimate of drug-likeness (QED) is 0.367. The van der Waals surface area contributed by atoms with Gasteiger partial charge in [0.15, 0.2) is 5.60 Å². The standard InChI is InChI=1S/C29H32O4/c1-21(2)25(15-12-22-10-13-24(14-11-22)23-8-6-5-7-9-23)20-32-26-16-18-27(19-17-26)33-29(3,4)28(30)31/h5-19,21,25H,20H2,1-4H3,(H,30,31). The fraction of sp³-hybridized carbons (Fsp3) is 0.276. The number of rotatable bonds is 10. The van der Waals surface area contributed by atoms with Crippen molar-refractivity contribution < 1.29 is 19.4 Å². The van der Waals surface area contributed by atoms with Gasteiger partial charge in [-0.2, -0.15) is 0 Å². The summed E-state index contributed by atoms with van der Waals surface area (Å²) in [6.45, 7) is 7.96. The van der Waals surface area contributed by atoms with Crippen molar-refractivity contribution in [1.29, 1.82) is 0 Å². The van der Waals surface area contributed by atoms with E-state index in [1.54, 1.807) is 24.3 Å². The third-order valence-corrected chi connectivity index (χ3v) is 5.56. The first kappa shape index (κ1) is 24.1. The number of hydrogen-bond donors (Lipinski definition) is 1. The number of carboxylic acids is 1. The molecule has 1 N–H and O–H groups in total. The van der Waals surface area contributed by atoms with Crippen molar-refractivity contribution in [1.82, 2.24) is 0 Å². The molecule has 1 unspecified atom stereocenters. The highest BCUT2D eigenvalue weighted by molar-refractivity contribution is 5.76. The van der Waals surface area contributed by atoms with E-state index < -0.39 is 11.6 Å². The maximum Gasteiger partial charge on any atom is 0.347 e. The fourth-order valence-electron chi connectivity index (χ4n) is 3.26. The van der Waals surface area contributed by atoms with E-state index in [4.69, 9.17) is 9.47 Å². The van der Waals surface area contributed by atoms with Crippen molar-refractivity contribution >= 4 is 12.0 Å². The molecule has 0 saturated heterocycles. The van der Waals surface area contributed by atoms with Gasteiger partial charge in [-0.15, -0.1) is 0 Å². The van der Waals surface area contributed by atoms with Crippen LogP contribution in [0.5, 0.6) is 11.5 Å². The maximum atomic E-state index is 11.2. The summed E-state index contributed by atoms with van der Waals surface area (Å²) in [4.78, 5) is 11.2. The van der Waals surface area contributed by atoms with Crippen molar-refractivity contribution in [2.45, 2.75) is 33.3 Å². The molecule has 0 radical (unpaired) electrons. The highest BCUT2D eigenvalue weighted by Gasteiger charge is 2.29. The number of ether oxygens (including phenoxy) is 2. The second-order valence-electron chi connectivity index (χ2n) is 8.95. The molecule has 0 aliphatic carbocycles. The molecule has 0 amide bonds. The van der Waals surface area contributed by atoms with E-state index in [9.17, 15) is 9.90 Å². The molecule has 0 bridgehead atoms. The van der Waals surface area contributed by atoms with Crippen LogP contribution >= 0.6 is 0 Å². The van der Waals surface area contributed by atoms with E-state index in [1.807, 2.05) is 18.2 Å². The van der Waals surface area contributed by atoms with Crippen LogP contribution < -0.4 is 9.47 Å². The van der Waals surface area contributed by atoms with Crippen molar-refractivity contribution in [3.8, 4) is 22.6 Å². The Morgan fingerprint density at radius 1 is 0.879 bits per heavy atom. The molecule has 3 aromatic rings. The van der Waals surface area contributed by atoms with Crippen LogP contribution in [-0.2, 0) is 4.79 Å². The molecule has 0 spiro atoms. The number of carbonyl (C=O) groups is 1. The molecule has 0 aromatic heterocycles. The zero-order chi connectivity index (χ0) is 23.8. The zero-order valence-electron chi connectivity index (χ0n) is 19.7. The van der Waals surface area contributed by atoms with Crippen LogP contribution in [0.3, 0.4) is 0 Å². The monoisotopic (exact) mass is 444 g/mol. The third-order valence-electron chi connectivity index (χ3n) is 5.56. The average Bonchev–Trinajstić information content (AvgIpc) is 2.80. The summed E-state index contributed by atoms with van der Waals surface area (Å²) in [7, 11) is 0. The van der Waals surface area contributed by atoms with Crippen LogP contribution in [0.4, 0.5) is 0 Å². The predicted molar refractivity (Wildman–Crippen MR) is 134 cm³/mol. The summed E-state index contributed by atoms with van der Waals surface area (Å²) < 4.78 is 11.5. The fourth-order valence-corrected chi connectivity index (χ4v) is 3.26. The molecular weight excluding hydrogens is 412 g/mol. The van der Waals surface area contributed by atoms with Crippen LogP contribution in [0, 0.1) is 11.8 Å². The molecule has 0 aliphatic rings. The Balaban J connectivity index is 1.58. The molecule has 3 aromatic carbocycles. The van der Waals surface area contributed by atoms with Gasteiger partial charge in [-0.3, -0.25) is 0 Å². The minimum Gasteiger partial charge on any atom is -0.493 e. The Morgan fingerprint density at radius 2 is 1.45 bits per heavy atom. The van der Waals surface area contributed by atoms with E-state index >= 15 is 0 Å². The van der Waals surface area contributed by atoms with E-state index in [2.05, 4.69) is 62.4 Å². The first-order valence-corrected chi connectivity index (χ1v) is 11.2. The maximum absolute atomic E-state index is 11.2. The molecule has 0 fully saturated rings. The Bertz CT molecular complexity index is 1050. The summed E-state index contributed by atoms with van der Waals surface area (Å²) in [5.41, 5.74) is 2.29. The molecular formula is C29H32O4. The van der Waals surface area contributed by atoms with Crippen LogP contribution in [0.1, 0.15) is 33.3 Å². The van der Waals surface area contributed by atoms with Crippen LogP contribution in [0.25, 0.3) is 17.2 Å². The van der Waals surface area contributed by atoms with E-state index in [1.165, 1.54) is 25.0 Å². The van der Waals surface area contributed by atoms with Gasteiger partial charge in [0.05, 0.1) is 6.61 Å². The topological polar surface area (TPSA) is 55.8 Å². The molecule has 33 heavy (non-hydrogen) atoms. The normalized spacial score (nSPS) is 12.6. The van der Waals surface area contributed by atoms with Crippen molar-refractivity contribution in [3.05, 3.63) is 90.5 Å². The van der Waals surface area contributed by atoms with Gasteiger partial charge in [-0.25, -0.2) is 4.79 Å². The number of benzene rings is 3. The van der Waals surface area contributed by atoms with Gasteiger partial charge in [-0.05, 0) is 60.7 Å². The molecule has 3 rings (SSSR count). The molecule has 0 aliphatic heterocycles. The van der Waals surface area contributed by atoms with Gasteiger partial charge < -0.3 is 14.6 Å². The van der Waals surface area contributed by atoms with E-state index in [0.29, 0.717) is 18.3 Å². The summed E-state index contributed by atoms with van der Waals surface area (Å²) in [6.07, 6.45) is 4.35. The van der Waals surface area contributed by atoms with Gasteiger partial charge in [0.25, 0.3) is 0 Å². The Hall–Kier alpha value is -3.53. The van der Waals surface area contributed by atoms with Crippen LogP contribution in [-0.4, -0.2) is 23.3 Å². The van der Waals surface area contributed by atoms with Gasteiger partial charge in [-0.1, -0.05) is 80.6 Å². The van der Waals surface area contributed by atoms with Gasteiger partial charge in [0.1, 0.15) is 11.5 Å². The molecule has 0 heterocycles. The molecule has 4 nitrogen and oxygen atoms in total. The molecule has 0 saturated carbocycles. The lowest BCUT2D eigenvalue weighted by Gasteiger charge is -2.22. The summed E-state index contributed by atoms with van der Waals surface area (Å²) >= 11 is 0. The van der Waals surface area contributed by atoms with Crippen LogP contribution in [0.15, 0.2) is 84.9 Å². The highest BCUT2D eigenvalue weighted by Crippen LogP contribution is 2.24. The number of hydrogen-bond acceptors (Lipinski definition) is 3. The summed E-state index contributed by atoms with van der Waals surface area (Å²) in [6, 6.07) is 26.0. The second-order valence-corrected chi connectivity index (χ2v) is 8.95. The average molecular weight is 445 g/mol. The minimum absolute atomic E-state index is 0.251. The first-order chi connectivity index (χ1) is 15.7. The third kappa shape index (κ3) is 6.98. The van der Waals surface area contributed by atoms with Gasteiger partial charge >= 0.3 is 5.97 Å². The number of carboxylic acid groups (broad SMARTS) is 1. The first-order valence-electron chi connectivity index (χ1n) is 11.2. The lowest BCUT2D eigenvalue weighted by atomic mass is 9.95. The SMILES string of the molecule is CC(C)C(C=Cc1ccc(-c2ccccc2)cc1)COc1ccc(OC(C)(C)C(=O)O)cc1. The van der Waals surface area contributed by atoms with Crippen molar-refractivity contribution in [2.75, 3.05) is 6.61 Å². The summed E-state index contributed by atoms with van der Waals surface area (Å²) in [5, 5.41) is 9.20. The Labute approximate surface area is 196 Å². The Morgan fingerprint density at radius 3 is 2.03 bits per heavy atom. The lowest BCUT2D eigenvalue weighted by molar-refractivity contribution is -0.152. The largest absolute Gasteiger partial charge is 0.493 e. The molecule has 4 heteroatoms. The minimum atomic E-state index is -1.28. The van der Waals surface area contributed by atoms with Crippen molar-refractivity contribution in [2.24, 2.45) is 11.8 Å². The second kappa shape index (κ2) is 10.9.